The van der Waals surface area contributed by atoms with Gasteiger partial charge in [0.15, 0.2) is 12.4 Å². The normalized spacial score (nSPS) is 10.7. The Bertz CT molecular complexity index is 1640. The van der Waals surface area contributed by atoms with Crippen molar-refractivity contribution in [3.63, 3.8) is 0 Å². The van der Waals surface area contributed by atoms with Crippen molar-refractivity contribution in [3.8, 4) is 11.4 Å². The Kier molecular flexibility index (Phi) is 6.59. The highest BCUT2D eigenvalue weighted by Crippen LogP contribution is 2.17. The minimum Gasteiger partial charge on any atom is -0.484 e. The quantitative estimate of drug-likeness (QED) is 0.327. The lowest BCUT2D eigenvalue weighted by Gasteiger charge is -2.12. The third-order valence-electron chi connectivity index (χ3n) is 5.88. The molecule has 0 fully saturated rings. The first kappa shape index (κ1) is 23.7. The van der Waals surface area contributed by atoms with Crippen LogP contribution in [0.2, 0.25) is 0 Å². The van der Waals surface area contributed by atoms with Gasteiger partial charge in [-0.2, -0.15) is 0 Å². The van der Waals surface area contributed by atoms with E-state index in [1.54, 1.807) is 78.2 Å². The van der Waals surface area contributed by atoms with Gasteiger partial charge >= 0.3 is 0 Å². The van der Waals surface area contributed by atoms with Crippen LogP contribution < -0.4 is 15.6 Å². The van der Waals surface area contributed by atoms with Crippen molar-refractivity contribution in [1.82, 2.24) is 9.55 Å². The number of ether oxygens (including phenoxy) is 1. The molecule has 0 atom stereocenters. The molecule has 1 N–H and O–H groups in total. The number of amides is 1. The van der Waals surface area contributed by atoms with Gasteiger partial charge in [0.05, 0.1) is 16.6 Å². The fraction of sp³-hybridized carbons (Fsp3) is 0.0667. The van der Waals surface area contributed by atoms with Crippen molar-refractivity contribution >= 4 is 28.3 Å². The molecule has 182 valence electrons. The van der Waals surface area contributed by atoms with Crippen LogP contribution in [0.15, 0.2) is 108 Å². The molecule has 0 aliphatic heterocycles. The molecule has 1 amide bonds. The fourth-order valence-corrected chi connectivity index (χ4v) is 4.05. The number of aromatic nitrogens is 2. The molecule has 0 unspecified atom stereocenters. The molecular formula is C30H23N3O4. The molecule has 0 spiro atoms. The van der Waals surface area contributed by atoms with Gasteiger partial charge in [-0.05, 0) is 67.6 Å². The van der Waals surface area contributed by atoms with E-state index in [1.807, 2.05) is 36.4 Å². The summed E-state index contributed by atoms with van der Waals surface area (Å²) in [6.07, 6.45) is 0. The number of rotatable bonds is 7. The summed E-state index contributed by atoms with van der Waals surface area (Å²) in [5.74, 6) is 0.641. The van der Waals surface area contributed by atoms with Crippen molar-refractivity contribution in [2.45, 2.75) is 6.92 Å². The maximum Gasteiger partial charge on any atom is 0.265 e. The Hall–Kier alpha value is -5.04. The number of fused-ring (bicyclic) bond motifs is 1. The number of ketones is 1. The first-order valence-corrected chi connectivity index (χ1v) is 11.7. The molecular weight excluding hydrogens is 466 g/mol. The Balaban J connectivity index is 1.21. The third kappa shape index (κ3) is 5.16. The highest BCUT2D eigenvalue weighted by molar-refractivity contribution is 6.09. The maximum atomic E-state index is 13.0. The number of benzene rings is 4. The lowest BCUT2D eigenvalue weighted by Crippen LogP contribution is -2.22. The summed E-state index contributed by atoms with van der Waals surface area (Å²) in [5.41, 5.74) is 2.88. The zero-order valence-electron chi connectivity index (χ0n) is 20.0. The molecule has 5 aromatic rings. The van der Waals surface area contributed by atoms with Crippen LogP contribution in [0.3, 0.4) is 0 Å². The van der Waals surface area contributed by atoms with Gasteiger partial charge in [-0.25, -0.2) is 4.98 Å². The second kappa shape index (κ2) is 10.3. The lowest BCUT2D eigenvalue weighted by molar-refractivity contribution is -0.118. The number of carbonyl (C=O) groups excluding carboxylic acids is 2. The van der Waals surface area contributed by atoms with E-state index in [0.29, 0.717) is 45.0 Å². The first-order chi connectivity index (χ1) is 18.0. The van der Waals surface area contributed by atoms with Crippen molar-refractivity contribution in [2.75, 3.05) is 11.9 Å². The summed E-state index contributed by atoms with van der Waals surface area (Å²) < 4.78 is 7.11. The number of aryl methyl sites for hydroxylation is 1. The van der Waals surface area contributed by atoms with E-state index in [1.165, 1.54) is 0 Å². The minimum atomic E-state index is -0.335. The van der Waals surface area contributed by atoms with Crippen LogP contribution in [0.25, 0.3) is 16.6 Å². The molecule has 4 aromatic carbocycles. The first-order valence-electron chi connectivity index (χ1n) is 11.7. The van der Waals surface area contributed by atoms with Crippen LogP contribution in [0.4, 0.5) is 5.69 Å². The summed E-state index contributed by atoms with van der Waals surface area (Å²) in [6, 6.07) is 29.9. The lowest BCUT2D eigenvalue weighted by atomic mass is 10.0. The molecule has 7 heteroatoms. The Morgan fingerprint density at radius 2 is 1.46 bits per heavy atom. The van der Waals surface area contributed by atoms with E-state index in [2.05, 4.69) is 10.3 Å². The Morgan fingerprint density at radius 3 is 2.19 bits per heavy atom. The molecule has 1 heterocycles. The van der Waals surface area contributed by atoms with E-state index in [-0.39, 0.29) is 23.9 Å². The van der Waals surface area contributed by atoms with Gasteiger partial charge in [0, 0.05) is 16.8 Å². The van der Waals surface area contributed by atoms with Crippen LogP contribution in [-0.2, 0) is 4.79 Å². The zero-order chi connectivity index (χ0) is 25.8. The molecule has 1 aromatic heterocycles. The number of para-hydroxylation sites is 1. The van der Waals surface area contributed by atoms with Crippen LogP contribution in [0, 0.1) is 6.92 Å². The molecule has 7 nitrogen and oxygen atoms in total. The van der Waals surface area contributed by atoms with E-state index in [9.17, 15) is 14.4 Å². The van der Waals surface area contributed by atoms with Crippen LogP contribution >= 0.6 is 0 Å². The topological polar surface area (TPSA) is 90.3 Å². The van der Waals surface area contributed by atoms with Crippen LogP contribution in [0.5, 0.6) is 5.75 Å². The third-order valence-corrected chi connectivity index (χ3v) is 5.88. The molecule has 0 radical (unpaired) electrons. The maximum absolute atomic E-state index is 13.0. The van der Waals surface area contributed by atoms with Crippen molar-refractivity contribution in [3.05, 3.63) is 130 Å². The summed E-state index contributed by atoms with van der Waals surface area (Å²) in [7, 11) is 0. The molecule has 0 aliphatic carbocycles. The monoisotopic (exact) mass is 489 g/mol. The Labute approximate surface area is 213 Å². The van der Waals surface area contributed by atoms with Gasteiger partial charge in [0.2, 0.25) is 0 Å². The fourth-order valence-electron chi connectivity index (χ4n) is 4.05. The van der Waals surface area contributed by atoms with Crippen molar-refractivity contribution in [2.24, 2.45) is 0 Å². The number of carbonyl (C=O) groups is 2. The van der Waals surface area contributed by atoms with Gasteiger partial charge in [0.1, 0.15) is 11.6 Å². The minimum absolute atomic E-state index is 0.0785. The average molecular weight is 490 g/mol. The second-order valence-corrected chi connectivity index (χ2v) is 8.42. The van der Waals surface area contributed by atoms with Gasteiger partial charge in [0.25, 0.3) is 11.5 Å². The molecule has 37 heavy (non-hydrogen) atoms. The summed E-state index contributed by atoms with van der Waals surface area (Å²) in [4.78, 5) is 42.4. The van der Waals surface area contributed by atoms with Gasteiger partial charge < -0.3 is 10.1 Å². The highest BCUT2D eigenvalue weighted by atomic mass is 16.5. The predicted molar refractivity (Wildman–Crippen MR) is 143 cm³/mol. The van der Waals surface area contributed by atoms with E-state index < -0.39 is 0 Å². The molecule has 0 bridgehead atoms. The average Bonchev–Trinajstić information content (AvgIpc) is 2.93. The number of nitrogens with zero attached hydrogens (tertiary/aromatic N) is 2. The van der Waals surface area contributed by atoms with Gasteiger partial charge in [-0.1, -0.05) is 42.5 Å². The van der Waals surface area contributed by atoms with E-state index in [4.69, 9.17) is 4.74 Å². The number of anilines is 1. The number of hydrogen-bond donors (Lipinski definition) is 1. The largest absolute Gasteiger partial charge is 0.484 e. The van der Waals surface area contributed by atoms with Crippen LogP contribution in [-0.4, -0.2) is 27.8 Å². The van der Waals surface area contributed by atoms with Gasteiger partial charge in [-0.3, -0.25) is 19.0 Å². The Morgan fingerprint density at radius 1 is 0.811 bits per heavy atom. The SMILES string of the molecule is Cc1nc2ccccc2c(=O)n1-c1ccc(NC(=O)COc2ccc(C(=O)c3ccccc3)cc2)cc1. The second-order valence-electron chi connectivity index (χ2n) is 8.42. The molecule has 0 saturated carbocycles. The molecule has 5 rings (SSSR count). The summed E-state index contributed by atoms with van der Waals surface area (Å²) in [5, 5.41) is 3.32. The smallest absolute Gasteiger partial charge is 0.265 e. The van der Waals surface area contributed by atoms with Crippen LogP contribution in [0.1, 0.15) is 21.7 Å². The number of hydrogen-bond acceptors (Lipinski definition) is 5. The van der Waals surface area contributed by atoms with E-state index in [0.717, 1.165) is 0 Å². The summed E-state index contributed by atoms with van der Waals surface area (Å²) >= 11 is 0. The highest BCUT2D eigenvalue weighted by Gasteiger charge is 2.11. The summed E-state index contributed by atoms with van der Waals surface area (Å²) in [6.45, 7) is 1.59. The van der Waals surface area contributed by atoms with Crippen molar-refractivity contribution in [1.29, 1.82) is 0 Å². The molecule has 0 aliphatic rings. The standard InChI is InChI=1S/C30H23N3O4/c1-20-31-27-10-6-5-9-26(27)30(36)33(20)24-15-13-23(14-16-24)32-28(34)19-37-25-17-11-22(12-18-25)29(35)21-7-3-2-4-8-21/h2-18H,19H2,1H3,(H,32,34). The number of nitrogens with one attached hydrogen (secondary N) is 1. The van der Waals surface area contributed by atoms with Crippen molar-refractivity contribution < 1.29 is 14.3 Å². The predicted octanol–water partition coefficient (Wildman–Crippen LogP) is 4.94. The van der Waals surface area contributed by atoms with E-state index >= 15 is 0 Å². The zero-order valence-corrected chi connectivity index (χ0v) is 20.0. The molecule has 0 saturated heterocycles. The van der Waals surface area contributed by atoms with Gasteiger partial charge in [-0.15, -0.1) is 0 Å².